The molecule has 0 rings (SSSR count). The minimum Gasteiger partial charge on any atom is -0.386 e. The molecule has 0 saturated carbocycles. The molecule has 4 heteroatoms. The maximum absolute atomic E-state index is 5.74. The van der Waals surface area contributed by atoms with Crippen molar-refractivity contribution in [2.24, 2.45) is 0 Å². The Morgan fingerprint density at radius 2 is 1.36 bits per heavy atom. The SMILES string of the molecule is CCN(CC)[Si](OC)(OC)C(C)(C)C. The van der Waals surface area contributed by atoms with E-state index in [0.717, 1.165) is 13.1 Å². The van der Waals surface area contributed by atoms with Crippen molar-refractivity contribution in [2.45, 2.75) is 39.7 Å². The second-order valence-corrected chi connectivity index (χ2v) is 8.52. The van der Waals surface area contributed by atoms with Gasteiger partial charge in [0, 0.05) is 19.3 Å². The van der Waals surface area contributed by atoms with Gasteiger partial charge in [-0.3, -0.25) is 4.57 Å². The predicted molar refractivity (Wildman–Crippen MR) is 62.4 cm³/mol. The van der Waals surface area contributed by atoms with E-state index in [1.807, 2.05) is 0 Å². The Hall–Kier alpha value is 0.0969. The van der Waals surface area contributed by atoms with Crippen LogP contribution in [0.3, 0.4) is 0 Å². The van der Waals surface area contributed by atoms with Crippen molar-refractivity contribution in [2.75, 3.05) is 27.3 Å². The summed E-state index contributed by atoms with van der Waals surface area (Å²) < 4.78 is 13.8. The standard InChI is InChI=1S/C10H25NO2Si/c1-8-11(9-2)14(12-6,13-7)10(3,4)5/h8-9H2,1-7H3. The lowest BCUT2D eigenvalue weighted by atomic mass is 10.3. The topological polar surface area (TPSA) is 21.7 Å². The Bertz CT molecular complexity index is 160. The second kappa shape index (κ2) is 5.26. The van der Waals surface area contributed by atoms with Gasteiger partial charge in [-0.2, -0.15) is 0 Å². The molecule has 14 heavy (non-hydrogen) atoms. The third-order valence-electron chi connectivity index (χ3n) is 2.68. The number of rotatable bonds is 5. The van der Waals surface area contributed by atoms with Crippen LogP contribution in [0.2, 0.25) is 5.04 Å². The van der Waals surface area contributed by atoms with Crippen molar-refractivity contribution in [3.63, 3.8) is 0 Å². The van der Waals surface area contributed by atoms with Gasteiger partial charge in [-0.15, -0.1) is 0 Å². The zero-order valence-electron chi connectivity index (χ0n) is 10.7. The molecular formula is C10H25NO2Si. The first kappa shape index (κ1) is 14.1. The Kier molecular flexibility index (Phi) is 5.29. The normalized spacial score (nSPS) is 13.7. The van der Waals surface area contributed by atoms with E-state index in [2.05, 4.69) is 39.2 Å². The first-order valence-electron chi connectivity index (χ1n) is 5.25. The maximum Gasteiger partial charge on any atom is 0.432 e. The molecule has 0 aliphatic rings. The van der Waals surface area contributed by atoms with E-state index in [-0.39, 0.29) is 5.04 Å². The zero-order chi connectivity index (χ0) is 11.4. The van der Waals surface area contributed by atoms with Crippen LogP contribution in [0.4, 0.5) is 0 Å². The van der Waals surface area contributed by atoms with Crippen LogP contribution in [-0.2, 0) is 8.85 Å². The zero-order valence-corrected chi connectivity index (χ0v) is 11.7. The minimum absolute atomic E-state index is 0.0581. The molecule has 0 aromatic heterocycles. The molecule has 0 aliphatic carbocycles. The van der Waals surface area contributed by atoms with Gasteiger partial charge in [-0.05, 0) is 13.1 Å². The molecule has 0 N–H and O–H groups in total. The molecule has 86 valence electrons. The van der Waals surface area contributed by atoms with Crippen molar-refractivity contribution in [3.8, 4) is 0 Å². The van der Waals surface area contributed by atoms with E-state index in [1.54, 1.807) is 14.2 Å². The first-order chi connectivity index (χ1) is 6.39. The van der Waals surface area contributed by atoms with Gasteiger partial charge in [-0.25, -0.2) is 0 Å². The van der Waals surface area contributed by atoms with Crippen LogP contribution in [0.25, 0.3) is 0 Å². The van der Waals surface area contributed by atoms with Crippen molar-refractivity contribution in [1.29, 1.82) is 0 Å². The monoisotopic (exact) mass is 219 g/mol. The first-order valence-corrected chi connectivity index (χ1v) is 7.01. The molecule has 0 radical (unpaired) electrons. The smallest absolute Gasteiger partial charge is 0.386 e. The van der Waals surface area contributed by atoms with Crippen LogP contribution < -0.4 is 0 Å². The van der Waals surface area contributed by atoms with Gasteiger partial charge >= 0.3 is 8.72 Å². The molecule has 0 bridgehead atoms. The van der Waals surface area contributed by atoms with Crippen LogP contribution in [0.1, 0.15) is 34.6 Å². The lowest BCUT2D eigenvalue weighted by Crippen LogP contribution is -2.63. The molecule has 0 saturated heterocycles. The van der Waals surface area contributed by atoms with Gasteiger partial charge in [0.2, 0.25) is 0 Å². The molecule has 0 aromatic rings. The van der Waals surface area contributed by atoms with Crippen molar-refractivity contribution < 1.29 is 8.85 Å². The minimum atomic E-state index is -2.24. The predicted octanol–water partition coefficient (Wildman–Crippen LogP) is 2.36. The fourth-order valence-electron chi connectivity index (χ4n) is 2.07. The largest absolute Gasteiger partial charge is 0.432 e. The van der Waals surface area contributed by atoms with Crippen LogP contribution >= 0.6 is 0 Å². The van der Waals surface area contributed by atoms with Crippen molar-refractivity contribution >= 4 is 8.72 Å². The van der Waals surface area contributed by atoms with Gasteiger partial charge in [0.25, 0.3) is 0 Å². The molecule has 0 amide bonds. The molecular weight excluding hydrogens is 194 g/mol. The molecule has 0 atom stereocenters. The summed E-state index contributed by atoms with van der Waals surface area (Å²) in [7, 11) is 1.29. The van der Waals surface area contributed by atoms with Crippen LogP contribution in [0, 0.1) is 0 Å². The highest BCUT2D eigenvalue weighted by molar-refractivity contribution is 6.67. The number of hydrogen-bond donors (Lipinski definition) is 0. The fourth-order valence-corrected chi connectivity index (χ4v) is 5.76. The highest BCUT2D eigenvalue weighted by Gasteiger charge is 2.52. The van der Waals surface area contributed by atoms with Crippen molar-refractivity contribution in [1.82, 2.24) is 4.57 Å². The Morgan fingerprint density at radius 3 is 1.43 bits per heavy atom. The molecule has 3 nitrogen and oxygen atoms in total. The van der Waals surface area contributed by atoms with Crippen LogP contribution in [0.15, 0.2) is 0 Å². The highest BCUT2D eigenvalue weighted by atomic mass is 28.4. The Morgan fingerprint density at radius 1 is 1.00 bits per heavy atom. The molecule has 0 aromatic carbocycles. The summed E-state index contributed by atoms with van der Waals surface area (Å²) in [6.45, 7) is 12.8. The number of hydrogen-bond acceptors (Lipinski definition) is 3. The van der Waals surface area contributed by atoms with E-state index in [9.17, 15) is 0 Å². The quantitative estimate of drug-likeness (QED) is 0.663. The molecule has 0 spiro atoms. The molecule has 0 aliphatic heterocycles. The Labute approximate surface area is 89.7 Å². The summed E-state index contributed by atoms with van der Waals surface area (Å²) in [5, 5.41) is 0.0581. The van der Waals surface area contributed by atoms with E-state index >= 15 is 0 Å². The van der Waals surface area contributed by atoms with Gasteiger partial charge in [0.15, 0.2) is 0 Å². The summed E-state index contributed by atoms with van der Waals surface area (Å²) in [5.74, 6) is 0. The van der Waals surface area contributed by atoms with E-state index in [1.165, 1.54) is 0 Å². The van der Waals surface area contributed by atoms with E-state index in [4.69, 9.17) is 8.85 Å². The average molecular weight is 219 g/mol. The van der Waals surface area contributed by atoms with Crippen molar-refractivity contribution in [3.05, 3.63) is 0 Å². The summed E-state index contributed by atoms with van der Waals surface area (Å²) in [6.07, 6.45) is 0. The third kappa shape index (κ3) is 2.37. The van der Waals surface area contributed by atoms with Gasteiger partial charge in [0.1, 0.15) is 0 Å². The van der Waals surface area contributed by atoms with Crippen LogP contribution in [-0.4, -0.2) is 40.6 Å². The summed E-state index contributed by atoms with van der Waals surface area (Å²) in [4.78, 5) is 0. The lowest BCUT2D eigenvalue weighted by molar-refractivity contribution is 0.141. The lowest BCUT2D eigenvalue weighted by Gasteiger charge is -2.45. The van der Waals surface area contributed by atoms with Gasteiger partial charge in [-0.1, -0.05) is 34.6 Å². The molecule has 0 fully saturated rings. The summed E-state index contributed by atoms with van der Waals surface area (Å²) >= 11 is 0. The molecule has 0 unspecified atom stereocenters. The van der Waals surface area contributed by atoms with Crippen LogP contribution in [0.5, 0.6) is 0 Å². The highest BCUT2D eigenvalue weighted by Crippen LogP contribution is 2.38. The average Bonchev–Trinajstić information content (AvgIpc) is 2.12. The third-order valence-corrected chi connectivity index (χ3v) is 7.15. The van der Waals surface area contributed by atoms with E-state index < -0.39 is 8.72 Å². The molecule has 0 heterocycles. The van der Waals surface area contributed by atoms with Gasteiger partial charge < -0.3 is 8.85 Å². The van der Waals surface area contributed by atoms with Gasteiger partial charge in [0.05, 0.1) is 0 Å². The second-order valence-electron chi connectivity index (χ2n) is 4.41. The summed E-state index contributed by atoms with van der Waals surface area (Å²) in [6, 6.07) is 0. The van der Waals surface area contributed by atoms with E-state index in [0.29, 0.717) is 0 Å². The fraction of sp³-hybridized carbons (Fsp3) is 1.00. The Balaban J connectivity index is 5.05. The maximum atomic E-state index is 5.74. The summed E-state index contributed by atoms with van der Waals surface area (Å²) in [5.41, 5.74) is 0. The number of nitrogens with zero attached hydrogens (tertiary/aromatic N) is 1.